The van der Waals surface area contributed by atoms with E-state index in [2.05, 4.69) is 31.1 Å². The van der Waals surface area contributed by atoms with Crippen LogP contribution < -0.4 is 0 Å². The molecule has 154 valence electrons. The fourth-order valence-corrected chi connectivity index (χ4v) is 2.75. The molecular weight excluding hydrogens is 448 g/mol. The first kappa shape index (κ1) is 22.4. The number of allylic oxidation sites excluding steroid dienone is 4. The SMILES string of the molecule is C\C=C/C(Br)=C\C(=C\N(C)Cc1ccc(-c2nnc(C(F)F)o2)cn1)N(C)C=O. The lowest BCUT2D eigenvalue weighted by Crippen LogP contribution is -2.19. The predicted octanol–water partition coefficient (Wildman–Crippen LogP) is 4.29. The zero-order valence-electron chi connectivity index (χ0n) is 16.1. The van der Waals surface area contributed by atoms with Gasteiger partial charge in [0.05, 0.1) is 23.5 Å². The number of hydrogen-bond acceptors (Lipinski definition) is 6. The van der Waals surface area contributed by atoms with Crippen molar-refractivity contribution in [3.8, 4) is 11.5 Å². The Labute approximate surface area is 175 Å². The Hall–Kier alpha value is -2.88. The summed E-state index contributed by atoms with van der Waals surface area (Å²) in [7, 11) is 3.50. The van der Waals surface area contributed by atoms with Gasteiger partial charge in [0, 0.05) is 31.0 Å². The molecule has 10 heteroatoms. The van der Waals surface area contributed by atoms with Crippen LogP contribution in [0.5, 0.6) is 0 Å². The van der Waals surface area contributed by atoms with Gasteiger partial charge in [-0.15, -0.1) is 10.2 Å². The number of carbonyl (C=O) groups excluding carboxylic acids is 1. The van der Waals surface area contributed by atoms with Crippen LogP contribution in [0.15, 0.2) is 57.4 Å². The first-order chi connectivity index (χ1) is 13.8. The molecule has 7 nitrogen and oxygen atoms in total. The van der Waals surface area contributed by atoms with Crippen molar-refractivity contribution in [2.24, 2.45) is 0 Å². The minimum atomic E-state index is -2.82. The van der Waals surface area contributed by atoms with E-state index in [-0.39, 0.29) is 5.89 Å². The maximum atomic E-state index is 12.6. The minimum absolute atomic E-state index is 0.0125. The second-order valence-electron chi connectivity index (χ2n) is 6.00. The molecule has 0 unspecified atom stereocenters. The van der Waals surface area contributed by atoms with Gasteiger partial charge >= 0.3 is 6.43 Å². The zero-order valence-corrected chi connectivity index (χ0v) is 17.7. The highest BCUT2D eigenvalue weighted by Crippen LogP contribution is 2.23. The number of alkyl halides is 2. The topological polar surface area (TPSA) is 75.4 Å². The van der Waals surface area contributed by atoms with Crippen molar-refractivity contribution < 1.29 is 18.0 Å². The van der Waals surface area contributed by atoms with Gasteiger partial charge < -0.3 is 14.2 Å². The van der Waals surface area contributed by atoms with Crippen molar-refractivity contribution in [3.63, 3.8) is 0 Å². The van der Waals surface area contributed by atoms with Crippen LogP contribution in [0.25, 0.3) is 11.5 Å². The molecule has 0 radical (unpaired) electrons. The van der Waals surface area contributed by atoms with Crippen LogP contribution in [0.3, 0.4) is 0 Å². The Balaban J connectivity index is 2.13. The zero-order chi connectivity index (χ0) is 21.4. The molecule has 2 aromatic rings. The molecule has 0 saturated heterocycles. The van der Waals surface area contributed by atoms with E-state index in [1.54, 1.807) is 19.2 Å². The van der Waals surface area contributed by atoms with Gasteiger partial charge in [-0.25, -0.2) is 0 Å². The van der Waals surface area contributed by atoms with Gasteiger partial charge in [0.15, 0.2) is 0 Å². The second kappa shape index (κ2) is 10.6. The molecule has 0 spiro atoms. The molecule has 2 aromatic heterocycles. The van der Waals surface area contributed by atoms with E-state index in [4.69, 9.17) is 4.42 Å². The van der Waals surface area contributed by atoms with Crippen molar-refractivity contribution in [3.05, 3.63) is 64.5 Å². The summed E-state index contributed by atoms with van der Waals surface area (Å²) in [5.41, 5.74) is 1.85. The molecule has 0 aliphatic carbocycles. The van der Waals surface area contributed by atoms with Crippen molar-refractivity contribution in [2.45, 2.75) is 19.9 Å². The van der Waals surface area contributed by atoms with Gasteiger partial charge in [0.25, 0.3) is 5.89 Å². The quantitative estimate of drug-likeness (QED) is 0.404. The summed E-state index contributed by atoms with van der Waals surface area (Å²) in [6.07, 6.45) is 6.75. The number of rotatable bonds is 9. The van der Waals surface area contributed by atoms with Gasteiger partial charge in [-0.1, -0.05) is 28.1 Å². The Kier molecular flexibility index (Phi) is 8.20. The Morgan fingerprint density at radius 2 is 2.07 bits per heavy atom. The number of carbonyl (C=O) groups is 1. The summed E-state index contributed by atoms with van der Waals surface area (Å²) in [6, 6.07) is 3.41. The first-order valence-electron chi connectivity index (χ1n) is 8.51. The number of pyridine rings is 1. The summed E-state index contributed by atoms with van der Waals surface area (Å²) in [5.74, 6) is -0.737. The normalized spacial score (nSPS) is 12.7. The van der Waals surface area contributed by atoms with E-state index in [9.17, 15) is 13.6 Å². The molecule has 0 fully saturated rings. The number of hydrogen-bond donors (Lipinski definition) is 0. The lowest BCUT2D eigenvalue weighted by molar-refractivity contribution is -0.115. The third-order valence-electron chi connectivity index (χ3n) is 3.64. The van der Waals surface area contributed by atoms with Crippen LogP contribution in [0, 0.1) is 0 Å². The molecule has 29 heavy (non-hydrogen) atoms. The van der Waals surface area contributed by atoms with Crippen LogP contribution in [0.1, 0.15) is 24.9 Å². The number of aromatic nitrogens is 3. The van der Waals surface area contributed by atoms with Crippen LogP contribution >= 0.6 is 15.9 Å². The molecule has 0 aliphatic rings. The minimum Gasteiger partial charge on any atom is -0.415 e. The average molecular weight is 468 g/mol. The van der Waals surface area contributed by atoms with Crippen LogP contribution in [0.4, 0.5) is 8.78 Å². The lowest BCUT2D eigenvalue weighted by Gasteiger charge is -2.19. The molecule has 0 saturated carbocycles. The molecule has 1 amide bonds. The van der Waals surface area contributed by atoms with Gasteiger partial charge in [-0.05, 0) is 25.1 Å². The summed E-state index contributed by atoms with van der Waals surface area (Å²) in [4.78, 5) is 18.8. The van der Waals surface area contributed by atoms with Crippen molar-refractivity contribution in [1.82, 2.24) is 25.0 Å². The van der Waals surface area contributed by atoms with Crippen molar-refractivity contribution >= 4 is 22.3 Å². The third kappa shape index (κ3) is 6.60. The summed E-state index contributed by atoms with van der Waals surface area (Å²) >= 11 is 3.43. The third-order valence-corrected chi connectivity index (χ3v) is 4.13. The summed E-state index contributed by atoms with van der Waals surface area (Å²) in [5, 5.41) is 6.90. The van der Waals surface area contributed by atoms with E-state index in [0.29, 0.717) is 17.8 Å². The Morgan fingerprint density at radius 3 is 2.62 bits per heavy atom. The molecule has 0 aromatic carbocycles. The molecular formula is C19H20BrF2N5O2. The highest BCUT2D eigenvalue weighted by Gasteiger charge is 2.17. The maximum Gasteiger partial charge on any atom is 0.314 e. The lowest BCUT2D eigenvalue weighted by atomic mass is 10.2. The molecule has 0 N–H and O–H groups in total. The highest BCUT2D eigenvalue weighted by molar-refractivity contribution is 9.11. The summed E-state index contributed by atoms with van der Waals surface area (Å²) in [6.45, 7) is 2.35. The molecule has 2 heterocycles. The highest BCUT2D eigenvalue weighted by atomic mass is 79.9. The van der Waals surface area contributed by atoms with Gasteiger partial charge in [-0.2, -0.15) is 8.78 Å². The van der Waals surface area contributed by atoms with E-state index >= 15 is 0 Å². The number of halogens is 3. The molecule has 0 bridgehead atoms. The fourth-order valence-electron chi connectivity index (χ4n) is 2.25. The van der Waals surface area contributed by atoms with E-state index < -0.39 is 12.3 Å². The molecule has 0 atom stereocenters. The summed E-state index contributed by atoms with van der Waals surface area (Å²) < 4.78 is 30.8. The van der Waals surface area contributed by atoms with Crippen LogP contribution in [0.2, 0.25) is 0 Å². The Bertz CT molecular complexity index is 910. The molecule has 2 rings (SSSR count). The fraction of sp³-hybridized carbons (Fsp3) is 0.263. The largest absolute Gasteiger partial charge is 0.415 e. The monoisotopic (exact) mass is 467 g/mol. The number of likely N-dealkylation sites (N-methyl/N-ethyl adjacent to an activating group) is 1. The smallest absolute Gasteiger partial charge is 0.314 e. The van der Waals surface area contributed by atoms with Crippen LogP contribution in [-0.2, 0) is 11.3 Å². The van der Waals surface area contributed by atoms with Gasteiger partial charge in [0.2, 0.25) is 12.3 Å². The number of nitrogens with zero attached hydrogens (tertiary/aromatic N) is 5. The molecule has 0 aliphatic heterocycles. The van der Waals surface area contributed by atoms with E-state index in [1.807, 2.05) is 43.3 Å². The van der Waals surface area contributed by atoms with Crippen LogP contribution in [-0.4, -0.2) is 45.5 Å². The van der Waals surface area contributed by atoms with E-state index in [1.165, 1.54) is 11.1 Å². The number of amides is 1. The van der Waals surface area contributed by atoms with Crippen molar-refractivity contribution in [2.75, 3.05) is 14.1 Å². The predicted molar refractivity (Wildman–Crippen MR) is 108 cm³/mol. The first-order valence-corrected chi connectivity index (χ1v) is 9.30. The average Bonchev–Trinajstić information content (AvgIpc) is 3.18. The van der Waals surface area contributed by atoms with Gasteiger partial charge in [-0.3, -0.25) is 9.78 Å². The van der Waals surface area contributed by atoms with Crippen molar-refractivity contribution in [1.29, 1.82) is 0 Å². The van der Waals surface area contributed by atoms with E-state index in [0.717, 1.165) is 16.6 Å². The maximum absolute atomic E-state index is 12.6. The second-order valence-corrected chi connectivity index (χ2v) is 6.91. The standard InChI is InChI=1S/C19H20BrF2N5O2/c1-4-5-14(20)8-16(27(3)12-28)11-26(2)10-15-7-6-13(9-23-15)18-24-25-19(29-18)17(21)22/h4-9,11-12,17H,10H2,1-3H3/b5-4-,14-8+,16-11-. The Morgan fingerprint density at radius 1 is 1.31 bits per heavy atom. The van der Waals surface area contributed by atoms with Gasteiger partial charge in [0.1, 0.15) is 0 Å².